The third-order valence-corrected chi connectivity index (χ3v) is 3.47. The average Bonchev–Trinajstić information content (AvgIpc) is 2.25. The standard InChI is InChI=1S/C13H28N2/c1-11(2)14-8-7-9-15(12(3)10-14)13(4,5)6/h11-12H,7-10H2,1-6H3/t12-/m0/s1. The molecule has 90 valence electrons. The van der Waals surface area contributed by atoms with Crippen molar-refractivity contribution >= 4 is 0 Å². The molecule has 0 amide bonds. The van der Waals surface area contributed by atoms with Gasteiger partial charge in [0.05, 0.1) is 0 Å². The van der Waals surface area contributed by atoms with Crippen molar-refractivity contribution in [3.05, 3.63) is 0 Å². The van der Waals surface area contributed by atoms with Gasteiger partial charge in [-0.3, -0.25) is 9.80 Å². The highest BCUT2D eigenvalue weighted by molar-refractivity contribution is 4.86. The summed E-state index contributed by atoms with van der Waals surface area (Å²) < 4.78 is 0. The lowest BCUT2D eigenvalue weighted by Crippen LogP contribution is -2.49. The van der Waals surface area contributed by atoms with Crippen molar-refractivity contribution < 1.29 is 0 Å². The molecule has 1 fully saturated rings. The second kappa shape index (κ2) is 4.84. The second-order valence-electron chi connectivity index (χ2n) is 6.16. The van der Waals surface area contributed by atoms with E-state index < -0.39 is 0 Å². The summed E-state index contributed by atoms with van der Waals surface area (Å²) in [5, 5.41) is 0. The molecule has 1 heterocycles. The van der Waals surface area contributed by atoms with E-state index >= 15 is 0 Å². The molecular formula is C13H28N2. The van der Waals surface area contributed by atoms with E-state index in [1.807, 2.05) is 0 Å². The minimum atomic E-state index is 0.312. The van der Waals surface area contributed by atoms with Gasteiger partial charge in [0.15, 0.2) is 0 Å². The third kappa shape index (κ3) is 3.46. The molecule has 0 aliphatic carbocycles. The van der Waals surface area contributed by atoms with Crippen LogP contribution in [0.15, 0.2) is 0 Å². The first kappa shape index (κ1) is 13.0. The molecule has 1 saturated heterocycles. The van der Waals surface area contributed by atoms with E-state index in [9.17, 15) is 0 Å². The third-order valence-electron chi connectivity index (χ3n) is 3.47. The highest BCUT2D eigenvalue weighted by atomic mass is 15.3. The van der Waals surface area contributed by atoms with Crippen molar-refractivity contribution in [2.24, 2.45) is 0 Å². The van der Waals surface area contributed by atoms with Gasteiger partial charge in [-0.1, -0.05) is 0 Å². The molecule has 1 aliphatic rings. The Kier molecular flexibility index (Phi) is 4.19. The Balaban J connectivity index is 2.66. The Morgan fingerprint density at radius 2 is 1.73 bits per heavy atom. The van der Waals surface area contributed by atoms with Crippen molar-refractivity contribution in [2.75, 3.05) is 19.6 Å². The van der Waals surface area contributed by atoms with Gasteiger partial charge < -0.3 is 0 Å². The molecule has 1 rings (SSSR count). The van der Waals surface area contributed by atoms with E-state index in [4.69, 9.17) is 0 Å². The number of hydrogen-bond acceptors (Lipinski definition) is 2. The fourth-order valence-corrected chi connectivity index (χ4v) is 2.66. The quantitative estimate of drug-likeness (QED) is 0.659. The number of rotatable bonds is 1. The minimum Gasteiger partial charge on any atom is -0.299 e. The molecule has 0 aromatic rings. The van der Waals surface area contributed by atoms with Crippen molar-refractivity contribution in [1.29, 1.82) is 0 Å². The SMILES string of the molecule is CC(C)N1CCCN(C(C)(C)C)[C@@H](C)C1. The van der Waals surface area contributed by atoms with Crippen LogP contribution in [0.3, 0.4) is 0 Å². The van der Waals surface area contributed by atoms with Crippen molar-refractivity contribution in [1.82, 2.24) is 9.80 Å². The smallest absolute Gasteiger partial charge is 0.0200 e. The van der Waals surface area contributed by atoms with E-state index in [1.165, 1.54) is 26.1 Å². The Morgan fingerprint density at radius 3 is 2.20 bits per heavy atom. The van der Waals surface area contributed by atoms with E-state index in [2.05, 4.69) is 51.3 Å². The molecule has 1 atom stereocenters. The molecule has 2 heteroatoms. The normalized spacial score (nSPS) is 27.0. The van der Waals surface area contributed by atoms with Gasteiger partial charge in [-0.05, 0) is 54.5 Å². The maximum atomic E-state index is 2.65. The van der Waals surface area contributed by atoms with Gasteiger partial charge in [-0.25, -0.2) is 0 Å². The van der Waals surface area contributed by atoms with E-state index in [0.717, 1.165) is 0 Å². The maximum Gasteiger partial charge on any atom is 0.0200 e. The lowest BCUT2D eigenvalue weighted by atomic mass is 10.0. The lowest BCUT2D eigenvalue weighted by molar-refractivity contribution is 0.0857. The zero-order chi connectivity index (χ0) is 11.6. The fourth-order valence-electron chi connectivity index (χ4n) is 2.66. The summed E-state index contributed by atoms with van der Waals surface area (Å²) in [6.45, 7) is 17.7. The van der Waals surface area contributed by atoms with Crippen LogP contribution in [0, 0.1) is 0 Å². The molecule has 15 heavy (non-hydrogen) atoms. The molecule has 1 aliphatic heterocycles. The summed E-state index contributed by atoms with van der Waals surface area (Å²) in [7, 11) is 0. The Hall–Kier alpha value is -0.0800. The maximum absolute atomic E-state index is 2.65. The first-order chi connectivity index (χ1) is 6.82. The van der Waals surface area contributed by atoms with Crippen molar-refractivity contribution in [3.63, 3.8) is 0 Å². The minimum absolute atomic E-state index is 0.312. The molecule has 0 bridgehead atoms. The van der Waals surface area contributed by atoms with Crippen LogP contribution in [0.2, 0.25) is 0 Å². The monoisotopic (exact) mass is 212 g/mol. The average molecular weight is 212 g/mol. The Labute approximate surface area is 95.6 Å². The largest absolute Gasteiger partial charge is 0.299 e. The molecule has 0 aromatic carbocycles. The first-order valence-corrected chi connectivity index (χ1v) is 6.33. The molecule has 0 saturated carbocycles. The summed E-state index contributed by atoms with van der Waals surface area (Å²) in [6.07, 6.45) is 1.31. The Morgan fingerprint density at radius 1 is 1.13 bits per heavy atom. The summed E-state index contributed by atoms with van der Waals surface area (Å²) in [6, 6.07) is 1.36. The highest BCUT2D eigenvalue weighted by Crippen LogP contribution is 2.21. The molecule has 0 aromatic heterocycles. The van der Waals surface area contributed by atoms with Crippen LogP contribution in [0.1, 0.15) is 48.0 Å². The van der Waals surface area contributed by atoms with Crippen LogP contribution in [-0.2, 0) is 0 Å². The predicted molar refractivity (Wildman–Crippen MR) is 67.2 cm³/mol. The van der Waals surface area contributed by atoms with E-state index in [1.54, 1.807) is 0 Å². The van der Waals surface area contributed by atoms with Gasteiger partial charge >= 0.3 is 0 Å². The number of nitrogens with zero attached hydrogens (tertiary/aromatic N) is 2. The molecule has 0 N–H and O–H groups in total. The Bertz CT molecular complexity index is 193. The van der Waals surface area contributed by atoms with Gasteiger partial charge in [0.25, 0.3) is 0 Å². The van der Waals surface area contributed by atoms with Gasteiger partial charge in [-0.15, -0.1) is 0 Å². The molecule has 0 spiro atoms. The zero-order valence-electron chi connectivity index (χ0n) is 11.4. The van der Waals surface area contributed by atoms with Gasteiger partial charge in [0, 0.05) is 30.7 Å². The van der Waals surface area contributed by atoms with Crippen LogP contribution in [0.25, 0.3) is 0 Å². The van der Waals surface area contributed by atoms with E-state index in [0.29, 0.717) is 17.6 Å². The summed E-state index contributed by atoms with van der Waals surface area (Å²) in [5.41, 5.74) is 0.312. The topological polar surface area (TPSA) is 6.48 Å². The summed E-state index contributed by atoms with van der Waals surface area (Å²) in [5.74, 6) is 0. The van der Waals surface area contributed by atoms with E-state index in [-0.39, 0.29) is 0 Å². The van der Waals surface area contributed by atoms with Gasteiger partial charge in [-0.2, -0.15) is 0 Å². The van der Waals surface area contributed by atoms with Gasteiger partial charge in [0.2, 0.25) is 0 Å². The van der Waals surface area contributed by atoms with Crippen LogP contribution in [-0.4, -0.2) is 47.1 Å². The predicted octanol–water partition coefficient (Wildman–Crippen LogP) is 2.59. The second-order valence-corrected chi connectivity index (χ2v) is 6.16. The van der Waals surface area contributed by atoms with Crippen molar-refractivity contribution in [3.8, 4) is 0 Å². The highest BCUT2D eigenvalue weighted by Gasteiger charge is 2.29. The van der Waals surface area contributed by atoms with Crippen LogP contribution < -0.4 is 0 Å². The van der Waals surface area contributed by atoms with Crippen LogP contribution in [0.4, 0.5) is 0 Å². The van der Waals surface area contributed by atoms with Crippen LogP contribution in [0.5, 0.6) is 0 Å². The molecule has 2 nitrogen and oxygen atoms in total. The summed E-state index contributed by atoms with van der Waals surface area (Å²) in [4.78, 5) is 5.26. The molecule has 0 unspecified atom stereocenters. The lowest BCUT2D eigenvalue weighted by Gasteiger charge is -2.40. The molecular weight excluding hydrogens is 184 g/mol. The first-order valence-electron chi connectivity index (χ1n) is 6.33. The molecule has 0 radical (unpaired) electrons. The zero-order valence-corrected chi connectivity index (χ0v) is 11.4. The number of hydrogen-bond donors (Lipinski definition) is 0. The summed E-state index contributed by atoms with van der Waals surface area (Å²) >= 11 is 0. The van der Waals surface area contributed by atoms with Crippen molar-refractivity contribution in [2.45, 2.75) is 65.6 Å². The fraction of sp³-hybridized carbons (Fsp3) is 1.00. The van der Waals surface area contributed by atoms with Crippen LogP contribution >= 0.6 is 0 Å². The van der Waals surface area contributed by atoms with Gasteiger partial charge in [0.1, 0.15) is 0 Å².